The highest BCUT2D eigenvalue weighted by atomic mass is 32.1. The van der Waals surface area contributed by atoms with Crippen molar-refractivity contribution in [2.24, 2.45) is 0 Å². The third-order valence-corrected chi connectivity index (χ3v) is 5.36. The first-order valence-corrected chi connectivity index (χ1v) is 8.42. The average Bonchev–Trinajstić information content (AvgIpc) is 2.99. The summed E-state index contributed by atoms with van der Waals surface area (Å²) in [5, 5.41) is 5.52. The Morgan fingerprint density at radius 1 is 1.35 bits per heavy atom. The highest BCUT2D eigenvalue weighted by Gasteiger charge is 2.41. The van der Waals surface area contributed by atoms with Crippen LogP contribution in [-0.4, -0.2) is 36.0 Å². The first-order valence-electron chi connectivity index (χ1n) is 7.54. The van der Waals surface area contributed by atoms with Crippen LogP contribution in [0.3, 0.4) is 0 Å². The molecule has 1 N–H and O–H groups in total. The predicted octanol–water partition coefficient (Wildman–Crippen LogP) is 2.90. The molecule has 0 atom stereocenters. The van der Waals surface area contributed by atoms with Gasteiger partial charge in [0.15, 0.2) is 0 Å². The molecule has 3 rings (SSSR count). The molecule has 2 heterocycles. The molecule has 1 spiro atoms. The number of carbonyl (C=O) groups excluding carboxylic acids is 1. The number of carbonyl (C=O) groups is 1. The van der Waals surface area contributed by atoms with Gasteiger partial charge in [0.1, 0.15) is 0 Å². The highest BCUT2D eigenvalue weighted by Crippen LogP contribution is 2.34. The molecule has 2 aliphatic rings. The van der Waals surface area contributed by atoms with E-state index in [2.05, 4.69) is 10.2 Å². The molecule has 0 aromatic carbocycles. The van der Waals surface area contributed by atoms with Gasteiger partial charge in [-0.3, -0.25) is 4.79 Å². The Bertz CT molecular complexity index is 466. The number of hydrogen-bond donors (Lipinski definition) is 1. The molecule has 3 nitrogen and oxygen atoms in total. The summed E-state index contributed by atoms with van der Waals surface area (Å²) in [5.41, 5.74) is 0.0768. The topological polar surface area (TPSA) is 32.3 Å². The maximum Gasteiger partial charge on any atom is 0.247 e. The molecule has 1 saturated heterocycles. The number of rotatable bonds is 2. The zero-order valence-corrected chi connectivity index (χ0v) is 12.6. The van der Waals surface area contributed by atoms with Crippen molar-refractivity contribution >= 4 is 23.3 Å². The molecule has 20 heavy (non-hydrogen) atoms. The normalized spacial score (nSPS) is 22.5. The summed E-state index contributed by atoms with van der Waals surface area (Å²) in [6.45, 7) is 2.72. The zero-order chi connectivity index (χ0) is 13.8. The molecule has 108 valence electrons. The lowest BCUT2D eigenvalue weighted by atomic mass is 9.79. The van der Waals surface area contributed by atoms with E-state index in [-0.39, 0.29) is 11.4 Å². The fourth-order valence-electron chi connectivity index (χ4n) is 3.47. The molecule has 1 aliphatic heterocycles. The van der Waals surface area contributed by atoms with Crippen molar-refractivity contribution in [3.63, 3.8) is 0 Å². The maximum atomic E-state index is 12.6. The third-order valence-electron chi connectivity index (χ3n) is 4.52. The van der Waals surface area contributed by atoms with Crippen molar-refractivity contribution in [2.45, 2.75) is 37.6 Å². The van der Waals surface area contributed by atoms with Crippen LogP contribution in [-0.2, 0) is 4.79 Å². The number of thiophene rings is 1. The van der Waals surface area contributed by atoms with Gasteiger partial charge in [-0.2, -0.15) is 0 Å². The first-order chi connectivity index (χ1) is 9.80. The van der Waals surface area contributed by atoms with Crippen molar-refractivity contribution in [3.8, 4) is 0 Å². The Kier molecular flexibility index (Phi) is 4.22. The fraction of sp³-hybridized carbons (Fsp3) is 0.562. The van der Waals surface area contributed by atoms with Crippen LogP contribution < -0.4 is 5.32 Å². The van der Waals surface area contributed by atoms with E-state index in [1.165, 1.54) is 19.3 Å². The molecule has 1 saturated carbocycles. The lowest BCUT2D eigenvalue weighted by molar-refractivity contribution is -0.135. The summed E-state index contributed by atoms with van der Waals surface area (Å²) in [6, 6.07) is 4.06. The molecule has 1 aliphatic carbocycles. The number of nitrogens with zero attached hydrogens (tertiary/aromatic N) is 1. The average molecular weight is 290 g/mol. The quantitative estimate of drug-likeness (QED) is 0.849. The van der Waals surface area contributed by atoms with Gasteiger partial charge >= 0.3 is 0 Å². The van der Waals surface area contributed by atoms with Gasteiger partial charge in [-0.25, -0.2) is 0 Å². The summed E-state index contributed by atoms with van der Waals surface area (Å²) in [4.78, 5) is 15.9. The molecular weight excluding hydrogens is 268 g/mol. The second-order valence-corrected chi connectivity index (χ2v) is 6.78. The van der Waals surface area contributed by atoms with Crippen molar-refractivity contribution < 1.29 is 4.79 Å². The summed E-state index contributed by atoms with van der Waals surface area (Å²) in [6.07, 6.45) is 9.82. The van der Waals surface area contributed by atoms with Gasteiger partial charge in [0.25, 0.3) is 0 Å². The Hall–Kier alpha value is -1.13. The summed E-state index contributed by atoms with van der Waals surface area (Å²) >= 11 is 1.67. The van der Waals surface area contributed by atoms with Gasteiger partial charge in [0.05, 0.1) is 5.54 Å². The molecular formula is C16H22N2OS. The second kappa shape index (κ2) is 6.10. The van der Waals surface area contributed by atoms with E-state index in [0.29, 0.717) is 0 Å². The standard InChI is InChI=1S/C16H22N2OS/c19-15(7-6-14-5-4-12-20-14)18-11-10-17-13-16(18)8-2-1-3-9-16/h4-7,12,17H,1-3,8-11,13H2. The van der Waals surface area contributed by atoms with E-state index >= 15 is 0 Å². The fourth-order valence-corrected chi connectivity index (χ4v) is 4.09. The van der Waals surface area contributed by atoms with Gasteiger partial charge in [-0.15, -0.1) is 11.3 Å². The van der Waals surface area contributed by atoms with Gasteiger partial charge < -0.3 is 10.2 Å². The molecule has 0 radical (unpaired) electrons. The van der Waals surface area contributed by atoms with Gasteiger partial charge in [-0.1, -0.05) is 25.3 Å². The van der Waals surface area contributed by atoms with Crippen LogP contribution in [0.1, 0.15) is 37.0 Å². The largest absolute Gasteiger partial charge is 0.331 e. The lowest BCUT2D eigenvalue weighted by Gasteiger charge is -2.49. The van der Waals surface area contributed by atoms with Gasteiger partial charge in [0, 0.05) is 30.6 Å². The molecule has 0 unspecified atom stereocenters. The van der Waals surface area contributed by atoms with E-state index in [0.717, 1.165) is 37.4 Å². The minimum absolute atomic E-state index is 0.0768. The highest BCUT2D eigenvalue weighted by molar-refractivity contribution is 7.10. The van der Waals surface area contributed by atoms with E-state index in [9.17, 15) is 4.79 Å². The monoisotopic (exact) mass is 290 g/mol. The summed E-state index contributed by atoms with van der Waals surface area (Å²) in [7, 11) is 0. The maximum absolute atomic E-state index is 12.6. The van der Waals surface area contributed by atoms with Crippen molar-refractivity contribution in [1.82, 2.24) is 10.2 Å². The minimum Gasteiger partial charge on any atom is -0.331 e. The zero-order valence-electron chi connectivity index (χ0n) is 11.8. The SMILES string of the molecule is O=C(C=Cc1cccs1)N1CCNCC12CCCCC2. The Morgan fingerprint density at radius 2 is 2.20 bits per heavy atom. The van der Waals surface area contributed by atoms with Crippen molar-refractivity contribution in [2.75, 3.05) is 19.6 Å². The van der Waals surface area contributed by atoms with Crippen LogP contribution in [0.5, 0.6) is 0 Å². The third kappa shape index (κ3) is 2.81. The van der Waals surface area contributed by atoms with E-state index in [4.69, 9.17) is 0 Å². The van der Waals surface area contributed by atoms with Gasteiger partial charge in [0.2, 0.25) is 5.91 Å². The lowest BCUT2D eigenvalue weighted by Crippen LogP contribution is -2.63. The molecule has 1 aromatic rings. The van der Waals surface area contributed by atoms with Gasteiger partial charge in [-0.05, 0) is 30.4 Å². The number of piperazine rings is 1. The molecule has 2 fully saturated rings. The van der Waals surface area contributed by atoms with Crippen molar-refractivity contribution in [1.29, 1.82) is 0 Å². The van der Waals surface area contributed by atoms with Crippen LogP contribution in [0, 0.1) is 0 Å². The molecule has 1 aromatic heterocycles. The van der Waals surface area contributed by atoms with Crippen LogP contribution in [0.2, 0.25) is 0 Å². The smallest absolute Gasteiger partial charge is 0.247 e. The second-order valence-electron chi connectivity index (χ2n) is 5.80. The Labute approximate surface area is 124 Å². The molecule has 4 heteroatoms. The molecule has 0 bridgehead atoms. The summed E-state index contributed by atoms with van der Waals surface area (Å²) in [5.74, 6) is 0.182. The van der Waals surface area contributed by atoms with E-state index < -0.39 is 0 Å². The first kappa shape index (κ1) is 13.8. The minimum atomic E-state index is 0.0768. The van der Waals surface area contributed by atoms with Crippen LogP contribution in [0.4, 0.5) is 0 Å². The van der Waals surface area contributed by atoms with E-state index in [1.807, 2.05) is 23.6 Å². The summed E-state index contributed by atoms with van der Waals surface area (Å²) < 4.78 is 0. The Morgan fingerprint density at radius 3 is 2.95 bits per heavy atom. The van der Waals surface area contributed by atoms with Crippen molar-refractivity contribution in [3.05, 3.63) is 28.5 Å². The Balaban J connectivity index is 1.74. The molecule has 1 amide bonds. The predicted molar refractivity (Wildman–Crippen MR) is 83.8 cm³/mol. The van der Waals surface area contributed by atoms with Crippen LogP contribution in [0.15, 0.2) is 23.6 Å². The van der Waals surface area contributed by atoms with E-state index in [1.54, 1.807) is 17.4 Å². The number of amides is 1. The van der Waals surface area contributed by atoms with Crippen LogP contribution in [0.25, 0.3) is 6.08 Å². The number of nitrogens with one attached hydrogen (secondary N) is 1. The van der Waals surface area contributed by atoms with Crippen LogP contribution >= 0.6 is 11.3 Å². The number of hydrogen-bond acceptors (Lipinski definition) is 3.